The number of halogens is 2. The summed E-state index contributed by atoms with van der Waals surface area (Å²) >= 11 is 7.48. The molecule has 0 bridgehead atoms. The molecular formula is C23H18ClFN2O2S. The predicted octanol–water partition coefficient (Wildman–Crippen LogP) is 6.58. The van der Waals surface area contributed by atoms with Crippen LogP contribution in [0.5, 0.6) is 5.75 Å². The minimum Gasteiger partial charge on any atom is -0.497 e. The van der Waals surface area contributed by atoms with E-state index >= 15 is 0 Å². The Bertz CT molecular complexity index is 1170. The van der Waals surface area contributed by atoms with Gasteiger partial charge in [-0.3, -0.25) is 4.79 Å². The Hall–Kier alpha value is -3.09. The van der Waals surface area contributed by atoms with E-state index in [0.29, 0.717) is 26.9 Å². The van der Waals surface area contributed by atoms with Crippen LogP contribution in [0.4, 0.5) is 10.1 Å². The standard InChI is InChI=1S/C23H18ClFN2O2S/c1-29-17-4-2-3-16(11-17)27-22(14-5-7-15(25)8-6-14)23(28)19-13-26-12-18(19)20-9-10-21(24)30-20/h2-13,22,26-27H,1H3. The van der Waals surface area contributed by atoms with Crippen LogP contribution in [0.25, 0.3) is 10.4 Å². The molecule has 0 spiro atoms. The van der Waals surface area contributed by atoms with E-state index in [-0.39, 0.29) is 11.6 Å². The number of rotatable bonds is 7. The monoisotopic (exact) mass is 440 g/mol. The van der Waals surface area contributed by atoms with Crippen LogP contribution in [0.1, 0.15) is 22.0 Å². The first kappa shape index (κ1) is 20.2. The van der Waals surface area contributed by atoms with E-state index in [9.17, 15) is 9.18 Å². The fourth-order valence-corrected chi connectivity index (χ4v) is 4.29. The van der Waals surface area contributed by atoms with Crippen molar-refractivity contribution >= 4 is 34.4 Å². The lowest BCUT2D eigenvalue weighted by atomic mass is 9.96. The highest BCUT2D eigenvalue weighted by atomic mass is 35.5. The minimum atomic E-state index is -0.720. The van der Waals surface area contributed by atoms with Gasteiger partial charge in [-0.15, -0.1) is 11.3 Å². The van der Waals surface area contributed by atoms with Gasteiger partial charge in [0.05, 0.1) is 11.4 Å². The summed E-state index contributed by atoms with van der Waals surface area (Å²) in [7, 11) is 1.58. The summed E-state index contributed by atoms with van der Waals surface area (Å²) in [6.07, 6.45) is 3.46. The number of ketones is 1. The van der Waals surface area contributed by atoms with Crippen LogP contribution < -0.4 is 10.1 Å². The fourth-order valence-electron chi connectivity index (χ4n) is 3.22. The third-order valence-electron chi connectivity index (χ3n) is 4.70. The van der Waals surface area contributed by atoms with E-state index in [4.69, 9.17) is 16.3 Å². The van der Waals surface area contributed by atoms with E-state index in [1.807, 2.05) is 24.3 Å². The van der Waals surface area contributed by atoms with Crippen LogP contribution in [0.2, 0.25) is 4.34 Å². The van der Waals surface area contributed by atoms with Crippen LogP contribution >= 0.6 is 22.9 Å². The molecule has 4 aromatic rings. The largest absolute Gasteiger partial charge is 0.497 e. The number of carbonyl (C=O) groups excluding carboxylic acids is 1. The summed E-state index contributed by atoms with van der Waals surface area (Å²) in [5.74, 6) is 0.160. The summed E-state index contributed by atoms with van der Waals surface area (Å²) < 4.78 is 19.4. The van der Waals surface area contributed by atoms with Crippen LogP contribution in [0.3, 0.4) is 0 Å². The molecular weight excluding hydrogens is 423 g/mol. The Kier molecular flexibility index (Phi) is 5.88. The molecule has 2 N–H and O–H groups in total. The molecule has 7 heteroatoms. The third kappa shape index (κ3) is 4.25. The predicted molar refractivity (Wildman–Crippen MR) is 119 cm³/mol. The number of thiophene rings is 1. The van der Waals surface area contributed by atoms with E-state index in [1.165, 1.54) is 23.5 Å². The number of H-pyrrole nitrogens is 1. The highest BCUT2D eigenvalue weighted by molar-refractivity contribution is 7.19. The van der Waals surface area contributed by atoms with Crippen molar-refractivity contribution in [2.45, 2.75) is 6.04 Å². The number of methoxy groups -OCH3 is 1. The van der Waals surface area contributed by atoms with Gasteiger partial charge in [-0.05, 0) is 42.0 Å². The summed E-state index contributed by atoms with van der Waals surface area (Å²) in [5.41, 5.74) is 2.67. The number of aromatic amines is 1. The zero-order valence-corrected chi connectivity index (χ0v) is 17.6. The molecule has 0 saturated carbocycles. The number of hydrogen-bond donors (Lipinski definition) is 2. The van der Waals surface area contributed by atoms with Crippen molar-refractivity contribution in [3.05, 3.63) is 94.3 Å². The molecule has 0 aliphatic rings. The second kappa shape index (κ2) is 8.73. The summed E-state index contributed by atoms with van der Waals surface area (Å²) in [5, 5.41) is 3.27. The van der Waals surface area contributed by atoms with Crippen LogP contribution in [-0.2, 0) is 0 Å². The lowest BCUT2D eigenvalue weighted by molar-refractivity contribution is 0.0970. The molecule has 4 rings (SSSR count). The maximum Gasteiger partial charge on any atom is 0.191 e. The molecule has 0 radical (unpaired) electrons. The number of Topliss-reactive ketones (excluding diaryl/α,β-unsaturated/α-hetero) is 1. The molecule has 152 valence electrons. The molecule has 0 amide bonds. The van der Waals surface area contributed by atoms with Gasteiger partial charge in [0.15, 0.2) is 5.78 Å². The first-order valence-corrected chi connectivity index (χ1v) is 10.4. The average Bonchev–Trinajstić information content (AvgIpc) is 3.41. The molecule has 30 heavy (non-hydrogen) atoms. The van der Waals surface area contributed by atoms with Gasteiger partial charge in [0, 0.05) is 40.2 Å². The van der Waals surface area contributed by atoms with E-state index in [2.05, 4.69) is 10.3 Å². The molecule has 0 fully saturated rings. The van der Waals surface area contributed by atoms with Gasteiger partial charge in [-0.1, -0.05) is 29.8 Å². The summed E-state index contributed by atoms with van der Waals surface area (Å²) in [6, 6.07) is 16.2. The van der Waals surface area contributed by atoms with Crippen LogP contribution in [0.15, 0.2) is 73.1 Å². The molecule has 2 aromatic heterocycles. The highest BCUT2D eigenvalue weighted by Gasteiger charge is 2.26. The summed E-state index contributed by atoms with van der Waals surface area (Å²) in [6.45, 7) is 0. The zero-order chi connectivity index (χ0) is 21.1. The molecule has 2 aromatic carbocycles. The van der Waals surface area contributed by atoms with Crippen molar-refractivity contribution in [2.75, 3.05) is 12.4 Å². The molecule has 4 nitrogen and oxygen atoms in total. The molecule has 1 unspecified atom stereocenters. The molecule has 0 aliphatic carbocycles. The molecule has 0 aliphatic heterocycles. The lowest BCUT2D eigenvalue weighted by Gasteiger charge is -2.20. The smallest absolute Gasteiger partial charge is 0.191 e. The van der Waals surface area contributed by atoms with Crippen molar-refractivity contribution in [3.8, 4) is 16.2 Å². The van der Waals surface area contributed by atoms with Crippen LogP contribution in [0, 0.1) is 5.82 Å². The molecule has 0 saturated heterocycles. The Morgan fingerprint density at radius 2 is 1.93 bits per heavy atom. The highest BCUT2D eigenvalue weighted by Crippen LogP contribution is 2.35. The molecule has 1 atom stereocenters. The third-order valence-corrected chi connectivity index (χ3v) is 5.96. The summed E-state index contributed by atoms with van der Waals surface area (Å²) in [4.78, 5) is 17.5. The quantitative estimate of drug-likeness (QED) is 0.319. The van der Waals surface area contributed by atoms with Gasteiger partial charge in [0.1, 0.15) is 17.6 Å². The van der Waals surface area contributed by atoms with Gasteiger partial charge < -0.3 is 15.0 Å². The van der Waals surface area contributed by atoms with E-state index in [1.54, 1.807) is 43.8 Å². The average molecular weight is 441 g/mol. The SMILES string of the molecule is COc1cccc(NC(C(=O)c2c[nH]cc2-c2ccc(Cl)s2)c2ccc(F)cc2)c1. The van der Waals surface area contributed by atoms with Crippen molar-refractivity contribution in [1.82, 2.24) is 4.98 Å². The second-order valence-electron chi connectivity index (χ2n) is 6.61. The van der Waals surface area contributed by atoms with Gasteiger partial charge in [0.25, 0.3) is 0 Å². The Morgan fingerprint density at radius 1 is 1.13 bits per heavy atom. The number of nitrogens with one attached hydrogen (secondary N) is 2. The van der Waals surface area contributed by atoms with E-state index in [0.717, 1.165) is 10.4 Å². The first-order chi connectivity index (χ1) is 14.5. The number of carbonyl (C=O) groups is 1. The maximum atomic E-state index is 13.6. The number of hydrogen-bond acceptors (Lipinski definition) is 4. The Labute approximate surface area is 182 Å². The maximum absolute atomic E-state index is 13.6. The topological polar surface area (TPSA) is 54.1 Å². The van der Waals surface area contributed by atoms with Crippen molar-refractivity contribution in [3.63, 3.8) is 0 Å². The normalized spacial score (nSPS) is 11.8. The van der Waals surface area contributed by atoms with Crippen molar-refractivity contribution in [1.29, 1.82) is 0 Å². The van der Waals surface area contributed by atoms with Crippen molar-refractivity contribution < 1.29 is 13.9 Å². The van der Waals surface area contributed by atoms with Gasteiger partial charge in [0.2, 0.25) is 0 Å². The zero-order valence-electron chi connectivity index (χ0n) is 16.0. The minimum absolute atomic E-state index is 0.148. The molecule has 2 heterocycles. The number of benzene rings is 2. The second-order valence-corrected chi connectivity index (χ2v) is 8.33. The van der Waals surface area contributed by atoms with Gasteiger partial charge >= 0.3 is 0 Å². The van der Waals surface area contributed by atoms with Crippen molar-refractivity contribution in [2.24, 2.45) is 0 Å². The van der Waals surface area contributed by atoms with Gasteiger partial charge in [-0.25, -0.2) is 4.39 Å². The van der Waals surface area contributed by atoms with Crippen LogP contribution in [-0.4, -0.2) is 17.9 Å². The fraction of sp³-hybridized carbons (Fsp3) is 0.0870. The number of ether oxygens (including phenoxy) is 1. The van der Waals surface area contributed by atoms with E-state index < -0.39 is 6.04 Å². The number of anilines is 1. The number of aromatic nitrogens is 1. The Balaban J connectivity index is 1.73. The Morgan fingerprint density at radius 3 is 2.63 bits per heavy atom. The van der Waals surface area contributed by atoms with Gasteiger partial charge in [-0.2, -0.15) is 0 Å². The lowest BCUT2D eigenvalue weighted by Crippen LogP contribution is -2.21. The first-order valence-electron chi connectivity index (χ1n) is 9.18.